The monoisotopic (exact) mass is 432 g/mol. The first-order chi connectivity index (χ1) is 14.5. The molecule has 2 heterocycles. The summed E-state index contributed by atoms with van der Waals surface area (Å²) in [5.74, 6) is -0.0432. The molecule has 0 atom stereocenters. The van der Waals surface area contributed by atoms with Crippen molar-refractivity contribution in [1.82, 2.24) is 9.63 Å². The molecular weight excluding hydrogens is 404 g/mol. The highest BCUT2D eigenvalue weighted by atomic mass is 32.1. The third kappa shape index (κ3) is 4.21. The molecule has 162 valence electrons. The van der Waals surface area contributed by atoms with Gasteiger partial charge in [0.05, 0.1) is 23.9 Å². The standard InChI is InChI=1S/C22H28N2O5S/c1-5-7-12-24-16-11-9-8-10-15(16)19-17(21(24)25)18(29-14-13-28-6-2)20(30-19)22(26)23(3)27-4/h8-11H,5-7,12-14H2,1-4H3. The Morgan fingerprint density at radius 1 is 1.20 bits per heavy atom. The van der Waals surface area contributed by atoms with Gasteiger partial charge in [-0.2, -0.15) is 0 Å². The van der Waals surface area contributed by atoms with E-state index >= 15 is 0 Å². The molecule has 0 unspecified atom stereocenters. The summed E-state index contributed by atoms with van der Waals surface area (Å²) in [6.45, 7) is 5.80. The van der Waals surface area contributed by atoms with Gasteiger partial charge in [0.25, 0.3) is 11.5 Å². The van der Waals surface area contributed by atoms with E-state index in [4.69, 9.17) is 14.3 Å². The molecule has 0 spiro atoms. The van der Waals surface area contributed by atoms with Crippen LogP contribution in [0.15, 0.2) is 29.1 Å². The van der Waals surface area contributed by atoms with E-state index in [0.717, 1.165) is 33.5 Å². The van der Waals surface area contributed by atoms with Gasteiger partial charge in [-0.3, -0.25) is 14.4 Å². The summed E-state index contributed by atoms with van der Waals surface area (Å²) in [5.41, 5.74) is 0.726. The molecule has 2 aromatic heterocycles. The fourth-order valence-electron chi connectivity index (χ4n) is 3.33. The van der Waals surface area contributed by atoms with Gasteiger partial charge in [-0.1, -0.05) is 31.5 Å². The van der Waals surface area contributed by atoms with Gasteiger partial charge < -0.3 is 14.0 Å². The fraction of sp³-hybridized carbons (Fsp3) is 0.455. The summed E-state index contributed by atoms with van der Waals surface area (Å²) >= 11 is 1.27. The zero-order valence-electron chi connectivity index (χ0n) is 17.9. The smallest absolute Gasteiger partial charge is 0.291 e. The minimum absolute atomic E-state index is 0.140. The van der Waals surface area contributed by atoms with Crippen molar-refractivity contribution in [3.63, 3.8) is 0 Å². The Balaban J connectivity index is 2.28. The number of amides is 1. The molecule has 3 aromatic rings. The van der Waals surface area contributed by atoms with Crippen molar-refractivity contribution < 1.29 is 19.1 Å². The molecule has 30 heavy (non-hydrogen) atoms. The molecule has 1 aromatic carbocycles. The molecule has 8 heteroatoms. The van der Waals surface area contributed by atoms with Crippen LogP contribution >= 0.6 is 11.3 Å². The third-order valence-electron chi connectivity index (χ3n) is 4.93. The fourth-order valence-corrected chi connectivity index (χ4v) is 4.57. The molecule has 0 N–H and O–H groups in total. The van der Waals surface area contributed by atoms with E-state index in [0.29, 0.717) is 35.8 Å². The topological polar surface area (TPSA) is 70.0 Å². The molecule has 0 saturated heterocycles. The molecule has 0 aliphatic heterocycles. The molecule has 0 saturated carbocycles. The van der Waals surface area contributed by atoms with Crippen LogP contribution in [0, 0.1) is 0 Å². The molecule has 0 radical (unpaired) electrons. The number of rotatable bonds is 10. The lowest BCUT2D eigenvalue weighted by Crippen LogP contribution is -2.25. The molecule has 3 rings (SSSR count). The first-order valence-electron chi connectivity index (χ1n) is 10.2. The van der Waals surface area contributed by atoms with Crippen molar-refractivity contribution in [3.8, 4) is 5.75 Å². The van der Waals surface area contributed by atoms with Crippen molar-refractivity contribution in [3.05, 3.63) is 39.5 Å². The number of hydrogen-bond acceptors (Lipinski definition) is 6. The van der Waals surface area contributed by atoms with Gasteiger partial charge in [0.1, 0.15) is 16.9 Å². The quantitative estimate of drug-likeness (QED) is 0.357. The zero-order chi connectivity index (χ0) is 21.7. The zero-order valence-corrected chi connectivity index (χ0v) is 18.7. The highest BCUT2D eigenvalue weighted by Crippen LogP contribution is 2.40. The number of carbonyl (C=O) groups excluding carboxylic acids is 1. The average molecular weight is 433 g/mol. The van der Waals surface area contributed by atoms with Gasteiger partial charge in [-0.05, 0) is 19.4 Å². The van der Waals surface area contributed by atoms with Crippen LogP contribution in [0.4, 0.5) is 0 Å². The number of ether oxygens (including phenoxy) is 2. The molecule has 0 aliphatic rings. The average Bonchev–Trinajstić information content (AvgIpc) is 3.15. The molecule has 0 bridgehead atoms. The number of aryl methyl sites for hydroxylation is 1. The van der Waals surface area contributed by atoms with E-state index < -0.39 is 0 Å². The largest absolute Gasteiger partial charge is 0.489 e. The maximum absolute atomic E-state index is 13.5. The number of para-hydroxylation sites is 1. The minimum Gasteiger partial charge on any atom is -0.489 e. The summed E-state index contributed by atoms with van der Waals surface area (Å²) in [4.78, 5) is 31.9. The number of hydroxylamine groups is 2. The minimum atomic E-state index is -0.353. The maximum Gasteiger partial charge on any atom is 0.291 e. The predicted octanol–water partition coefficient (Wildman–Crippen LogP) is 4.07. The maximum atomic E-state index is 13.5. The van der Waals surface area contributed by atoms with Gasteiger partial charge >= 0.3 is 0 Å². The van der Waals surface area contributed by atoms with E-state index in [1.54, 1.807) is 4.57 Å². The number of thiophene rings is 1. The highest BCUT2D eigenvalue weighted by molar-refractivity contribution is 7.22. The predicted molar refractivity (Wildman–Crippen MR) is 120 cm³/mol. The second-order valence-electron chi connectivity index (χ2n) is 6.82. The number of unbranched alkanes of at least 4 members (excludes halogenated alkanes) is 1. The number of aromatic nitrogens is 1. The van der Waals surface area contributed by atoms with E-state index in [1.807, 2.05) is 31.2 Å². The number of carbonyl (C=O) groups is 1. The number of fused-ring (bicyclic) bond motifs is 3. The Bertz CT molecular complexity index is 1090. The Morgan fingerprint density at radius 2 is 1.97 bits per heavy atom. The van der Waals surface area contributed by atoms with Gasteiger partial charge in [0, 0.05) is 25.6 Å². The third-order valence-corrected chi connectivity index (χ3v) is 6.12. The van der Waals surface area contributed by atoms with Crippen molar-refractivity contribution in [2.75, 3.05) is 34.0 Å². The molecular formula is C22H28N2O5S. The van der Waals surface area contributed by atoms with E-state index in [-0.39, 0.29) is 18.1 Å². The summed E-state index contributed by atoms with van der Waals surface area (Å²) in [7, 11) is 2.96. The summed E-state index contributed by atoms with van der Waals surface area (Å²) in [5, 5.41) is 2.51. The lowest BCUT2D eigenvalue weighted by atomic mass is 10.1. The number of hydrogen-bond donors (Lipinski definition) is 0. The van der Waals surface area contributed by atoms with E-state index in [2.05, 4.69) is 6.92 Å². The van der Waals surface area contributed by atoms with Gasteiger partial charge in [-0.15, -0.1) is 11.3 Å². The number of nitrogens with zero attached hydrogens (tertiary/aromatic N) is 2. The number of benzene rings is 1. The lowest BCUT2D eigenvalue weighted by molar-refractivity contribution is -0.0755. The van der Waals surface area contributed by atoms with Crippen LogP contribution < -0.4 is 10.3 Å². The lowest BCUT2D eigenvalue weighted by Gasteiger charge is -2.14. The van der Waals surface area contributed by atoms with Crippen LogP contribution in [0.2, 0.25) is 0 Å². The Kier molecular flexibility index (Phi) is 7.47. The normalized spacial score (nSPS) is 11.3. The van der Waals surface area contributed by atoms with Crippen molar-refractivity contribution in [2.45, 2.75) is 33.2 Å². The first kappa shape index (κ1) is 22.3. The van der Waals surface area contributed by atoms with E-state index in [9.17, 15) is 9.59 Å². The summed E-state index contributed by atoms with van der Waals surface area (Å²) < 4.78 is 13.9. The van der Waals surface area contributed by atoms with Crippen molar-refractivity contribution in [2.24, 2.45) is 0 Å². The van der Waals surface area contributed by atoms with Crippen LogP contribution in [0.1, 0.15) is 36.4 Å². The van der Waals surface area contributed by atoms with Crippen LogP contribution in [0.5, 0.6) is 5.75 Å². The molecule has 0 fully saturated rings. The summed E-state index contributed by atoms with van der Waals surface area (Å²) in [6.07, 6.45) is 1.86. The Morgan fingerprint density at radius 3 is 2.67 bits per heavy atom. The van der Waals surface area contributed by atoms with Crippen LogP contribution in [-0.4, -0.2) is 49.5 Å². The molecule has 7 nitrogen and oxygen atoms in total. The van der Waals surface area contributed by atoms with E-state index in [1.165, 1.54) is 25.5 Å². The second kappa shape index (κ2) is 10.1. The van der Waals surface area contributed by atoms with Crippen LogP contribution in [0.3, 0.4) is 0 Å². The SMILES string of the molecule is CCCCn1c(=O)c2c(OCCOCC)c(C(=O)N(C)OC)sc2c2ccccc21. The van der Waals surface area contributed by atoms with Gasteiger partial charge in [-0.25, -0.2) is 5.06 Å². The van der Waals surface area contributed by atoms with Gasteiger partial charge in [0.15, 0.2) is 5.75 Å². The summed E-state index contributed by atoms with van der Waals surface area (Å²) in [6, 6.07) is 7.79. The van der Waals surface area contributed by atoms with Crippen molar-refractivity contribution >= 4 is 38.2 Å². The van der Waals surface area contributed by atoms with Crippen molar-refractivity contribution in [1.29, 1.82) is 0 Å². The van der Waals surface area contributed by atoms with Crippen LogP contribution in [-0.2, 0) is 16.1 Å². The van der Waals surface area contributed by atoms with Crippen LogP contribution in [0.25, 0.3) is 21.0 Å². The highest BCUT2D eigenvalue weighted by Gasteiger charge is 2.27. The molecule has 0 aliphatic carbocycles. The number of pyridine rings is 1. The second-order valence-corrected chi connectivity index (χ2v) is 7.84. The first-order valence-corrected chi connectivity index (χ1v) is 11.0. The van der Waals surface area contributed by atoms with Gasteiger partial charge in [0.2, 0.25) is 0 Å². The Hall–Kier alpha value is -2.42. The molecule has 1 amide bonds. The Labute approximate surface area is 179 Å².